The van der Waals surface area contributed by atoms with Crippen LogP contribution in [0.1, 0.15) is 35.1 Å². The van der Waals surface area contributed by atoms with Crippen molar-refractivity contribution in [3.8, 4) is 0 Å². The largest absolute Gasteiger partial charge is 0.309 e. The number of thiazole rings is 1. The third kappa shape index (κ3) is 2.56. The van der Waals surface area contributed by atoms with E-state index in [1.165, 1.54) is 29.1 Å². The van der Waals surface area contributed by atoms with E-state index in [0.717, 1.165) is 13.0 Å². The van der Waals surface area contributed by atoms with Crippen LogP contribution in [0.4, 0.5) is 0 Å². The molecule has 88 valence electrons. The predicted molar refractivity (Wildman–Crippen MR) is 71.3 cm³/mol. The van der Waals surface area contributed by atoms with E-state index in [-0.39, 0.29) is 0 Å². The van der Waals surface area contributed by atoms with E-state index in [1.807, 2.05) is 0 Å². The molecule has 0 bridgehead atoms. The second-order valence-corrected chi connectivity index (χ2v) is 5.42. The van der Waals surface area contributed by atoms with Crippen LogP contribution in [0.2, 0.25) is 0 Å². The predicted octanol–water partition coefficient (Wildman–Crippen LogP) is 3.16. The van der Waals surface area contributed by atoms with Gasteiger partial charge in [0.05, 0.1) is 16.7 Å². The maximum Gasteiger partial charge on any atom is 0.0972 e. The molecule has 0 aliphatic carbocycles. The highest BCUT2D eigenvalue weighted by atomic mass is 32.1. The first-order chi connectivity index (χ1) is 8.42. The molecule has 1 aromatic carbocycles. The molecule has 0 radical (unpaired) electrons. The van der Waals surface area contributed by atoms with Gasteiger partial charge in [0.15, 0.2) is 0 Å². The fourth-order valence-electron chi connectivity index (χ4n) is 2.27. The average molecular weight is 244 g/mol. The third-order valence-electron chi connectivity index (χ3n) is 3.19. The van der Waals surface area contributed by atoms with E-state index < -0.39 is 0 Å². The van der Waals surface area contributed by atoms with Gasteiger partial charge >= 0.3 is 0 Å². The summed E-state index contributed by atoms with van der Waals surface area (Å²) >= 11 is 1.78. The van der Waals surface area contributed by atoms with Gasteiger partial charge in [-0.25, -0.2) is 4.98 Å². The molecule has 2 aromatic rings. The third-order valence-corrected chi connectivity index (χ3v) is 4.05. The molecule has 0 spiro atoms. The Labute approximate surface area is 106 Å². The van der Waals surface area contributed by atoms with Crippen molar-refractivity contribution in [1.29, 1.82) is 0 Å². The summed E-state index contributed by atoms with van der Waals surface area (Å²) in [6, 6.07) is 11.0. The van der Waals surface area contributed by atoms with Crippen LogP contribution >= 0.6 is 11.3 Å². The minimum Gasteiger partial charge on any atom is -0.309 e. The van der Waals surface area contributed by atoms with E-state index in [2.05, 4.69) is 41.0 Å². The minimum absolute atomic E-state index is 0.496. The van der Waals surface area contributed by atoms with Gasteiger partial charge in [-0.05, 0) is 24.9 Å². The first-order valence-corrected chi connectivity index (χ1v) is 7.01. The monoisotopic (exact) mass is 244 g/mol. The molecule has 0 unspecified atom stereocenters. The van der Waals surface area contributed by atoms with Crippen molar-refractivity contribution in [3.05, 3.63) is 52.0 Å². The van der Waals surface area contributed by atoms with Crippen molar-refractivity contribution in [2.75, 3.05) is 6.54 Å². The Balaban J connectivity index is 1.72. The maximum atomic E-state index is 4.74. The Morgan fingerprint density at radius 3 is 2.94 bits per heavy atom. The number of hydrogen-bond donors (Lipinski definition) is 1. The van der Waals surface area contributed by atoms with Crippen LogP contribution in [-0.2, 0) is 6.42 Å². The summed E-state index contributed by atoms with van der Waals surface area (Å²) in [6.07, 6.45) is 3.46. The van der Waals surface area contributed by atoms with Crippen LogP contribution in [0.3, 0.4) is 0 Å². The molecule has 0 amide bonds. The molecule has 0 saturated carbocycles. The van der Waals surface area contributed by atoms with E-state index in [1.54, 1.807) is 11.3 Å². The van der Waals surface area contributed by atoms with Gasteiger partial charge in [0.2, 0.25) is 0 Å². The second kappa shape index (κ2) is 4.98. The molecule has 2 nitrogen and oxygen atoms in total. The van der Waals surface area contributed by atoms with Gasteiger partial charge in [0.25, 0.3) is 0 Å². The zero-order valence-corrected chi connectivity index (χ0v) is 10.5. The molecule has 1 aliphatic rings. The number of benzene rings is 1. The summed E-state index contributed by atoms with van der Waals surface area (Å²) in [6.45, 7) is 1.14. The lowest BCUT2D eigenvalue weighted by atomic mass is 10.1. The number of nitrogens with one attached hydrogen (secondary N) is 1. The summed E-state index contributed by atoms with van der Waals surface area (Å²) in [7, 11) is 0. The molecule has 1 fully saturated rings. The lowest BCUT2D eigenvalue weighted by Crippen LogP contribution is -2.13. The fraction of sp³-hybridized carbons (Fsp3) is 0.357. The van der Waals surface area contributed by atoms with Crippen LogP contribution in [-0.4, -0.2) is 11.5 Å². The Kier molecular flexibility index (Phi) is 3.20. The molecular formula is C14H16N2S. The fourth-order valence-corrected chi connectivity index (χ4v) is 3.16. The Morgan fingerprint density at radius 1 is 1.29 bits per heavy atom. The van der Waals surface area contributed by atoms with E-state index in [9.17, 15) is 0 Å². The van der Waals surface area contributed by atoms with Gasteiger partial charge in [-0.3, -0.25) is 0 Å². The molecule has 1 atom stereocenters. The molecule has 1 aliphatic heterocycles. The highest BCUT2D eigenvalue weighted by Crippen LogP contribution is 2.25. The minimum atomic E-state index is 0.496. The van der Waals surface area contributed by atoms with Crippen molar-refractivity contribution in [2.45, 2.75) is 25.3 Å². The second-order valence-electron chi connectivity index (χ2n) is 4.48. The summed E-state index contributed by atoms with van der Waals surface area (Å²) < 4.78 is 0. The molecule has 3 heteroatoms. The quantitative estimate of drug-likeness (QED) is 0.897. The Morgan fingerprint density at radius 2 is 2.18 bits per heavy atom. The smallest absolute Gasteiger partial charge is 0.0972 e. The standard InChI is InChI=1S/C14H16N2S/c1-2-5-11(6-3-1)9-14-16-13(10-17-14)12-7-4-8-15-12/h1-3,5-6,10,12,15H,4,7-9H2/t12-/m0/s1. The lowest BCUT2D eigenvalue weighted by Gasteiger charge is -2.05. The average Bonchev–Trinajstić information content (AvgIpc) is 3.00. The molecule has 1 saturated heterocycles. The Hall–Kier alpha value is -1.19. The lowest BCUT2D eigenvalue weighted by molar-refractivity contribution is 0.630. The molecule has 3 rings (SSSR count). The summed E-state index contributed by atoms with van der Waals surface area (Å²) in [4.78, 5) is 4.74. The zero-order valence-electron chi connectivity index (χ0n) is 9.73. The molecule has 17 heavy (non-hydrogen) atoms. The van der Waals surface area contributed by atoms with Gasteiger partial charge < -0.3 is 5.32 Å². The van der Waals surface area contributed by atoms with Gasteiger partial charge in [-0.2, -0.15) is 0 Å². The van der Waals surface area contributed by atoms with Gasteiger partial charge in [0.1, 0.15) is 0 Å². The number of hydrogen-bond acceptors (Lipinski definition) is 3. The van der Waals surface area contributed by atoms with Crippen LogP contribution in [0, 0.1) is 0 Å². The van der Waals surface area contributed by atoms with Crippen LogP contribution in [0.5, 0.6) is 0 Å². The maximum absolute atomic E-state index is 4.74. The van der Waals surface area contributed by atoms with Crippen molar-refractivity contribution < 1.29 is 0 Å². The first-order valence-electron chi connectivity index (χ1n) is 6.13. The highest BCUT2D eigenvalue weighted by molar-refractivity contribution is 7.09. The highest BCUT2D eigenvalue weighted by Gasteiger charge is 2.18. The first kappa shape index (κ1) is 10.9. The van der Waals surface area contributed by atoms with Crippen molar-refractivity contribution in [1.82, 2.24) is 10.3 Å². The van der Waals surface area contributed by atoms with Crippen LogP contribution in [0.15, 0.2) is 35.7 Å². The SMILES string of the molecule is c1ccc(Cc2nc([C@@H]3CCCN3)cs2)cc1. The van der Waals surface area contributed by atoms with E-state index >= 15 is 0 Å². The number of nitrogens with zero attached hydrogens (tertiary/aromatic N) is 1. The van der Waals surface area contributed by atoms with E-state index in [4.69, 9.17) is 4.98 Å². The molecule has 1 N–H and O–H groups in total. The van der Waals surface area contributed by atoms with Crippen LogP contribution < -0.4 is 5.32 Å². The number of aromatic nitrogens is 1. The van der Waals surface area contributed by atoms with Crippen molar-refractivity contribution in [2.24, 2.45) is 0 Å². The van der Waals surface area contributed by atoms with Gasteiger partial charge in [0, 0.05) is 11.8 Å². The summed E-state index contributed by atoms with van der Waals surface area (Å²) in [5.74, 6) is 0. The van der Waals surface area contributed by atoms with Gasteiger partial charge in [-0.15, -0.1) is 11.3 Å². The normalized spacial score (nSPS) is 19.6. The zero-order chi connectivity index (χ0) is 11.5. The topological polar surface area (TPSA) is 24.9 Å². The molecule has 1 aromatic heterocycles. The number of rotatable bonds is 3. The Bertz CT molecular complexity index is 472. The van der Waals surface area contributed by atoms with E-state index in [0.29, 0.717) is 6.04 Å². The van der Waals surface area contributed by atoms with Crippen molar-refractivity contribution in [3.63, 3.8) is 0 Å². The van der Waals surface area contributed by atoms with Crippen LogP contribution in [0.25, 0.3) is 0 Å². The van der Waals surface area contributed by atoms with Crippen molar-refractivity contribution >= 4 is 11.3 Å². The summed E-state index contributed by atoms with van der Waals surface area (Å²) in [5.41, 5.74) is 2.58. The summed E-state index contributed by atoms with van der Waals surface area (Å²) in [5, 5.41) is 6.93. The van der Waals surface area contributed by atoms with Gasteiger partial charge in [-0.1, -0.05) is 30.3 Å². The molecule has 2 heterocycles. The molecular weight excluding hydrogens is 228 g/mol.